The zero-order valence-electron chi connectivity index (χ0n) is 15.6. The van der Waals surface area contributed by atoms with Crippen LogP contribution < -0.4 is 10.7 Å². The van der Waals surface area contributed by atoms with Crippen LogP contribution in [0.2, 0.25) is 0 Å². The Balaban J connectivity index is 1.68. The summed E-state index contributed by atoms with van der Waals surface area (Å²) in [6.07, 6.45) is 3.45. The van der Waals surface area contributed by atoms with Gasteiger partial charge in [-0.2, -0.15) is 4.37 Å². The highest BCUT2D eigenvalue weighted by atomic mass is 32.1. The molecule has 4 aromatic rings. The number of benzene rings is 1. The topological polar surface area (TPSA) is 90.6 Å². The molecular weight excluding hydrogens is 360 g/mol. The van der Waals surface area contributed by atoms with Crippen LogP contribution in [0.15, 0.2) is 35.4 Å². The van der Waals surface area contributed by atoms with Crippen LogP contribution in [0.4, 0.5) is 5.69 Å². The maximum Gasteiger partial charge on any atom is 0.261 e. The quantitative estimate of drug-likeness (QED) is 0.483. The molecule has 0 aliphatic heterocycles. The molecule has 0 aliphatic carbocycles. The maximum atomic E-state index is 12.7. The van der Waals surface area contributed by atoms with Crippen molar-refractivity contribution in [3.8, 4) is 0 Å². The fraction of sp³-hybridized carbons (Fsp3) is 0.250. The third-order valence-corrected chi connectivity index (χ3v) is 5.54. The van der Waals surface area contributed by atoms with Gasteiger partial charge in [-0.1, -0.05) is 26.8 Å². The smallest absolute Gasteiger partial charge is 0.261 e. The normalized spacial score (nSPS) is 12.0. The van der Waals surface area contributed by atoms with E-state index in [1.165, 1.54) is 23.3 Å². The highest BCUT2D eigenvalue weighted by Crippen LogP contribution is 2.31. The van der Waals surface area contributed by atoms with Crippen molar-refractivity contribution in [2.24, 2.45) is 0 Å². The van der Waals surface area contributed by atoms with Gasteiger partial charge in [-0.25, -0.2) is 0 Å². The van der Waals surface area contributed by atoms with Gasteiger partial charge in [-0.15, -0.1) is 0 Å². The van der Waals surface area contributed by atoms with E-state index >= 15 is 0 Å². The molecule has 0 fully saturated rings. The van der Waals surface area contributed by atoms with Crippen LogP contribution >= 0.6 is 11.5 Å². The fourth-order valence-electron chi connectivity index (χ4n) is 3.27. The Labute approximate surface area is 159 Å². The molecule has 3 N–H and O–H groups in total. The van der Waals surface area contributed by atoms with Gasteiger partial charge in [0.25, 0.3) is 5.91 Å². The SMILES string of the molecule is Cc1nsc2[nH]cc(C(=O)Nc3ccc4c(C(C)(C)C)c[nH]c4c3)c(=O)c12. The monoisotopic (exact) mass is 380 g/mol. The van der Waals surface area contributed by atoms with Crippen LogP contribution in [0.25, 0.3) is 21.1 Å². The number of amides is 1. The maximum absolute atomic E-state index is 12.7. The van der Waals surface area contributed by atoms with Gasteiger partial charge in [-0.3, -0.25) is 9.59 Å². The van der Waals surface area contributed by atoms with E-state index in [9.17, 15) is 9.59 Å². The number of nitrogens with one attached hydrogen (secondary N) is 3. The number of carbonyl (C=O) groups excluding carboxylic acids is 1. The zero-order valence-corrected chi connectivity index (χ0v) is 16.4. The van der Waals surface area contributed by atoms with Gasteiger partial charge in [0.2, 0.25) is 5.43 Å². The minimum Gasteiger partial charge on any atom is -0.361 e. The minimum absolute atomic E-state index is 0.0259. The summed E-state index contributed by atoms with van der Waals surface area (Å²) in [5.74, 6) is -0.439. The van der Waals surface area contributed by atoms with Gasteiger partial charge in [0, 0.05) is 29.0 Å². The van der Waals surface area contributed by atoms with Crippen molar-refractivity contribution < 1.29 is 4.79 Å². The molecule has 0 unspecified atom stereocenters. The third kappa shape index (κ3) is 2.94. The lowest BCUT2D eigenvalue weighted by Gasteiger charge is -2.17. The lowest BCUT2D eigenvalue weighted by atomic mass is 9.87. The van der Waals surface area contributed by atoms with Crippen LogP contribution in [0.1, 0.15) is 42.4 Å². The van der Waals surface area contributed by atoms with E-state index in [0.717, 1.165) is 10.9 Å². The Morgan fingerprint density at radius 1 is 1.19 bits per heavy atom. The van der Waals surface area contributed by atoms with E-state index in [1.807, 2.05) is 24.4 Å². The number of carbonyl (C=O) groups is 1. The van der Waals surface area contributed by atoms with Crippen molar-refractivity contribution in [2.75, 3.05) is 5.32 Å². The number of H-pyrrole nitrogens is 2. The van der Waals surface area contributed by atoms with Crippen LogP contribution in [-0.2, 0) is 5.41 Å². The molecule has 0 aliphatic rings. The first kappa shape index (κ1) is 17.5. The number of pyridine rings is 1. The predicted octanol–water partition coefficient (Wildman–Crippen LogP) is 4.32. The summed E-state index contributed by atoms with van der Waals surface area (Å²) >= 11 is 1.22. The van der Waals surface area contributed by atoms with E-state index in [-0.39, 0.29) is 16.4 Å². The number of hydrogen-bond acceptors (Lipinski definition) is 4. The molecule has 3 heterocycles. The Kier molecular flexibility index (Phi) is 3.92. The Hall–Kier alpha value is -2.93. The molecular formula is C20H20N4O2S. The van der Waals surface area contributed by atoms with Crippen molar-refractivity contribution in [3.05, 3.63) is 57.6 Å². The summed E-state index contributed by atoms with van der Waals surface area (Å²) in [7, 11) is 0. The highest BCUT2D eigenvalue weighted by Gasteiger charge is 2.19. The van der Waals surface area contributed by atoms with Crippen molar-refractivity contribution in [2.45, 2.75) is 33.1 Å². The van der Waals surface area contributed by atoms with Crippen molar-refractivity contribution in [3.63, 3.8) is 0 Å². The number of hydrogen-bond donors (Lipinski definition) is 3. The Morgan fingerprint density at radius 2 is 1.96 bits per heavy atom. The third-order valence-electron chi connectivity index (χ3n) is 4.67. The average molecular weight is 380 g/mol. The Bertz CT molecular complexity index is 1240. The molecule has 0 spiro atoms. The summed E-state index contributed by atoms with van der Waals surface area (Å²) in [6, 6.07) is 5.72. The van der Waals surface area contributed by atoms with E-state index in [0.29, 0.717) is 21.6 Å². The van der Waals surface area contributed by atoms with Gasteiger partial charge in [0.05, 0.1) is 11.1 Å². The fourth-order valence-corrected chi connectivity index (χ4v) is 4.03. The largest absolute Gasteiger partial charge is 0.361 e. The first-order valence-corrected chi connectivity index (χ1v) is 9.43. The Morgan fingerprint density at radius 3 is 2.70 bits per heavy atom. The standard InChI is InChI=1S/C20H20N4O2S/c1-10-16-17(25)13(8-22-19(16)27-24-10)18(26)23-11-5-6-12-14(20(2,3)4)9-21-15(12)7-11/h5-9,21H,1-4H3,(H,22,25)(H,23,26). The van der Waals surface area contributed by atoms with Crippen molar-refractivity contribution in [1.29, 1.82) is 0 Å². The van der Waals surface area contributed by atoms with Crippen LogP contribution in [0, 0.1) is 6.92 Å². The molecule has 1 aromatic carbocycles. The van der Waals surface area contributed by atoms with Crippen LogP contribution in [0.3, 0.4) is 0 Å². The van der Waals surface area contributed by atoms with E-state index in [2.05, 4.69) is 40.4 Å². The molecule has 0 atom stereocenters. The molecule has 3 aromatic heterocycles. The van der Waals surface area contributed by atoms with Gasteiger partial charge >= 0.3 is 0 Å². The van der Waals surface area contributed by atoms with Gasteiger partial charge in [0.1, 0.15) is 10.4 Å². The van der Waals surface area contributed by atoms with Crippen LogP contribution in [0.5, 0.6) is 0 Å². The number of aromatic nitrogens is 3. The number of fused-ring (bicyclic) bond motifs is 2. The summed E-state index contributed by atoms with van der Waals surface area (Å²) in [5, 5.41) is 4.42. The van der Waals surface area contributed by atoms with Gasteiger partial charge in [-0.05, 0) is 41.6 Å². The highest BCUT2D eigenvalue weighted by molar-refractivity contribution is 7.12. The van der Waals surface area contributed by atoms with Crippen molar-refractivity contribution in [1.82, 2.24) is 14.3 Å². The summed E-state index contributed by atoms with van der Waals surface area (Å²) in [6.45, 7) is 8.25. The summed E-state index contributed by atoms with van der Waals surface area (Å²) in [5.41, 5.74) is 3.23. The lowest BCUT2D eigenvalue weighted by molar-refractivity contribution is 0.102. The summed E-state index contributed by atoms with van der Waals surface area (Å²) in [4.78, 5) is 32.2. The van der Waals surface area contributed by atoms with E-state index in [4.69, 9.17) is 0 Å². The summed E-state index contributed by atoms with van der Waals surface area (Å²) < 4.78 is 4.17. The van der Waals surface area contributed by atoms with E-state index < -0.39 is 5.91 Å². The number of aryl methyl sites for hydroxylation is 1. The first-order valence-electron chi connectivity index (χ1n) is 8.66. The number of anilines is 1. The molecule has 4 rings (SSSR count). The molecule has 0 saturated heterocycles. The lowest BCUT2D eigenvalue weighted by Crippen LogP contribution is -2.21. The second kappa shape index (κ2) is 6.06. The van der Waals surface area contributed by atoms with Gasteiger partial charge in [0.15, 0.2) is 0 Å². The minimum atomic E-state index is -0.439. The molecule has 6 nitrogen and oxygen atoms in total. The zero-order chi connectivity index (χ0) is 19.3. The second-order valence-corrected chi connectivity index (χ2v) is 8.44. The van der Waals surface area contributed by atoms with E-state index in [1.54, 1.807) is 6.92 Å². The molecule has 0 bridgehead atoms. The van der Waals surface area contributed by atoms with Crippen molar-refractivity contribution >= 4 is 44.2 Å². The molecule has 1 amide bonds. The molecule has 0 saturated carbocycles. The number of rotatable bonds is 2. The molecule has 0 radical (unpaired) electrons. The molecule has 27 heavy (non-hydrogen) atoms. The average Bonchev–Trinajstić information content (AvgIpc) is 3.18. The first-order chi connectivity index (χ1) is 12.8. The number of aromatic amines is 2. The second-order valence-electron chi connectivity index (χ2n) is 7.67. The number of nitrogens with zero attached hydrogens (tertiary/aromatic N) is 1. The van der Waals surface area contributed by atoms with Gasteiger partial charge < -0.3 is 15.3 Å². The molecule has 7 heteroatoms. The molecule has 138 valence electrons. The predicted molar refractivity (Wildman–Crippen MR) is 110 cm³/mol. The van der Waals surface area contributed by atoms with Crippen LogP contribution in [-0.4, -0.2) is 20.2 Å².